The van der Waals surface area contributed by atoms with E-state index in [2.05, 4.69) is 10.3 Å². The van der Waals surface area contributed by atoms with Crippen molar-refractivity contribution in [3.05, 3.63) is 42.1 Å². The van der Waals surface area contributed by atoms with Crippen LogP contribution < -0.4 is 5.32 Å². The molecular formula is C18H22N2O3. The number of pyridine rings is 1. The van der Waals surface area contributed by atoms with Gasteiger partial charge in [0.15, 0.2) is 0 Å². The summed E-state index contributed by atoms with van der Waals surface area (Å²) in [5.41, 5.74) is 0.642. The summed E-state index contributed by atoms with van der Waals surface area (Å²) >= 11 is 0. The van der Waals surface area contributed by atoms with E-state index in [0.717, 1.165) is 22.9 Å². The Morgan fingerprint density at radius 1 is 1.26 bits per heavy atom. The van der Waals surface area contributed by atoms with Crippen LogP contribution in [0.3, 0.4) is 0 Å². The van der Waals surface area contributed by atoms with Gasteiger partial charge in [-0.05, 0) is 25.0 Å². The number of hydrogen-bond donors (Lipinski definition) is 1. The Morgan fingerprint density at radius 2 is 2.00 bits per heavy atom. The Hall–Kier alpha value is -2.43. The smallest absolute Gasteiger partial charge is 0.331 e. The van der Waals surface area contributed by atoms with Crippen molar-refractivity contribution < 1.29 is 14.3 Å². The molecule has 1 aromatic heterocycles. The Labute approximate surface area is 136 Å². The number of esters is 1. The highest BCUT2D eigenvalue weighted by molar-refractivity contribution is 5.91. The second-order valence-electron chi connectivity index (χ2n) is 5.79. The molecule has 0 bridgehead atoms. The molecule has 0 saturated carbocycles. The minimum Gasteiger partial charge on any atom is -0.467 e. The molecule has 2 aromatic rings. The molecule has 0 aliphatic rings. The van der Waals surface area contributed by atoms with E-state index in [1.165, 1.54) is 7.11 Å². The van der Waals surface area contributed by atoms with Gasteiger partial charge in [0, 0.05) is 11.6 Å². The standard InChI is InChI=1S/C18H22N2O3/c1-4-10-18(2,17(22)23-3)20-15(21)12-14-8-5-7-13-9-6-11-19-16(13)14/h5-9,11H,4,10,12H2,1-3H3,(H,20,21)/t18-/m1/s1. The van der Waals surface area contributed by atoms with Gasteiger partial charge in [0.1, 0.15) is 5.54 Å². The third-order valence-electron chi connectivity index (χ3n) is 3.87. The number of hydrogen-bond acceptors (Lipinski definition) is 4. The lowest BCUT2D eigenvalue weighted by Gasteiger charge is -2.27. The lowest BCUT2D eigenvalue weighted by Crippen LogP contribution is -2.53. The fourth-order valence-corrected chi connectivity index (χ4v) is 2.78. The van der Waals surface area contributed by atoms with Crippen LogP contribution >= 0.6 is 0 Å². The highest BCUT2D eigenvalue weighted by atomic mass is 16.5. The van der Waals surface area contributed by atoms with Crippen molar-refractivity contribution in [2.24, 2.45) is 0 Å². The van der Waals surface area contributed by atoms with Crippen LogP contribution in [0.5, 0.6) is 0 Å². The van der Waals surface area contributed by atoms with E-state index < -0.39 is 11.5 Å². The molecule has 0 fully saturated rings. The van der Waals surface area contributed by atoms with Crippen molar-refractivity contribution in [3.8, 4) is 0 Å². The molecular weight excluding hydrogens is 292 g/mol. The third-order valence-corrected chi connectivity index (χ3v) is 3.87. The molecule has 0 aliphatic carbocycles. The first-order valence-corrected chi connectivity index (χ1v) is 7.72. The summed E-state index contributed by atoms with van der Waals surface area (Å²) in [6.45, 7) is 3.66. The number of aromatic nitrogens is 1. The molecule has 1 N–H and O–H groups in total. The predicted octanol–water partition coefficient (Wildman–Crippen LogP) is 2.63. The van der Waals surface area contributed by atoms with Crippen LogP contribution in [0.25, 0.3) is 10.9 Å². The van der Waals surface area contributed by atoms with Crippen molar-refractivity contribution in [2.75, 3.05) is 7.11 Å². The molecule has 0 spiro atoms. The average Bonchev–Trinajstić information content (AvgIpc) is 2.54. The van der Waals surface area contributed by atoms with Crippen molar-refractivity contribution in [2.45, 2.75) is 38.6 Å². The zero-order valence-corrected chi connectivity index (χ0v) is 13.8. The number of rotatable bonds is 6. The second-order valence-corrected chi connectivity index (χ2v) is 5.79. The van der Waals surface area contributed by atoms with Crippen LogP contribution in [-0.4, -0.2) is 29.5 Å². The summed E-state index contributed by atoms with van der Waals surface area (Å²) in [6.07, 6.45) is 3.17. The van der Waals surface area contributed by atoms with Gasteiger partial charge in [0.2, 0.25) is 5.91 Å². The van der Waals surface area contributed by atoms with Gasteiger partial charge in [-0.25, -0.2) is 4.79 Å². The van der Waals surface area contributed by atoms with E-state index in [0.29, 0.717) is 6.42 Å². The fraction of sp³-hybridized carbons (Fsp3) is 0.389. The van der Waals surface area contributed by atoms with Crippen LogP contribution in [0, 0.1) is 0 Å². The highest BCUT2D eigenvalue weighted by Gasteiger charge is 2.35. The van der Waals surface area contributed by atoms with Gasteiger partial charge in [-0.1, -0.05) is 37.6 Å². The first-order valence-electron chi connectivity index (χ1n) is 7.72. The van der Waals surface area contributed by atoms with Gasteiger partial charge in [0.25, 0.3) is 0 Å². The SMILES string of the molecule is CCC[C@@](C)(NC(=O)Cc1cccc2cccnc12)C(=O)OC. The predicted molar refractivity (Wildman–Crippen MR) is 88.9 cm³/mol. The Bertz CT molecular complexity index is 709. The molecule has 0 radical (unpaired) electrons. The maximum Gasteiger partial charge on any atom is 0.331 e. The molecule has 1 heterocycles. The molecule has 2 rings (SSSR count). The number of benzene rings is 1. The van der Waals surface area contributed by atoms with E-state index >= 15 is 0 Å². The average molecular weight is 314 g/mol. The van der Waals surface area contributed by atoms with Crippen molar-refractivity contribution in [1.29, 1.82) is 0 Å². The van der Waals surface area contributed by atoms with E-state index in [4.69, 9.17) is 4.74 Å². The van der Waals surface area contributed by atoms with E-state index in [9.17, 15) is 9.59 Å². The minimum atomic E-state index is -1.00. The number of amides is 1. The van der Waals surface area contributed by atoms with Crippen LogP contribution in [0.1, 0.15) is 32.3 Å². The molecule has 5 heteroatoms. The summed E-state index contributed by atoms with van der Waals surface area (Å²) < 4.78 is 4.82. The summed E-state index contributed by atoms with van der Waals surface area (Å²) in [6, 6.07) is 9.56. The van der Waals surface area contributed by atoms with Gasteiger partial charge in [0.05, 0.1) is 19.0 Å². The van der Waals surface area contributed by atoms with E-state index in [1.807, 2.05) is 37.3 Å². The third kappa shape index (κ3) is 3.86. The molecule has 23 heavy (non-hydrogen) atoms. The molecule has 1 atom stereocenters. The number of carbonyl (C=O) groups is 2. The second kappa shape index (κ2) is 7.22. The Morgan fingerprint density at radius 3 is 2.70 bits per heavy atom. The number of para-hydroxylation sites is 1. The molecule has 5 nitrogen and oxygen atoms in total. The van der Waals surface area contributed by atoms with Crippen LogP contribution in [0.4, 0.5) is 0 Å². The van der Waals surface area contributed by atoms with Gasteiger partial charge < -0.3 is 10.1 Å². The van der Waals surface area contributed by atoms with Gasteiger partial charge in [-0.2, -0.15) is 0 Å². The zero-order chi connectivity index (χ0) is 16.9. The summed E-state index contributed by atoms with van der Waals surface area (Å²) in [5, 5.41) is 3.80. The van der Waals surface area contributed by atoms with E-state index in [-0.39, 0.29) is 12.3 Å². The number of fused-ring (bicyclic) bond motifs is 1. The number of ether oxygens (including phenoxy) is 1. The lowest BCUT2D eigenvalue weighted by atomic mass is 9.95. The molecule has 0 aliphatic heterocycles. The minimum absolute atomic E-state index is 0.171. The van der Waals surface area contributed by atoms with Crippen LogP contribution in [0.2, 0.25) is 0 Å². The number of nitrogens with one attached hydrogen (secondary N) is 1. The molecule has 1 aromatic carbocycles. The summed E-state index contributed by atoms with van der Waals surface area (Å²) in [4.78, 5) is 28.7. The zero-order valence-electron chi connectivity index (χ0n) is 13.8. The Balaban J connectivity index is 2.19. The van der Waals surface area contributed by atoms with E-state index in [1.54, 1.807) is 13.1 Å². The monoisotopic (exact) mass is 314 g/mol. The van der Waals surface area contributed by atoms with Crippen LogP contribution in [-0.2, 0) is 20.7 Å². The summed E-state index contributed by atoms with van der Waals surface area (Å²) in [5.74, 6) is -0.645. The number of methoxy groups -OCH3 is 1. The number of carbonyl (C=O) groups excluding carboxylic acids is 2. The quantitative estimate of drug-likeness (QED) is 0.832. The maximum atomic E-state index is 12.4. The first kappa shape index (κ1) is 16.9. The first-order chi connectivity index (χ1) is 11.0. The fourth-order valence-electron chi connectivity index (χ4n) is 2.78. The van der Waals surface area contributed by atoms with Crippen LogP contribution in [0.15, 0.2) is 36.5 Å². The number of nitrogens with zero attached hydrogens (tertiary/aromatic N) is 1. The van der Waals surface area contributed by atoms with Gasteiger partial charge in [-0.3, -0.25) is 9.78 Å². The van der Waals surface area contributed by atoms with Gasteiger partial charge in [-0.15, -0.1) is 0 Å². The molecule has 0 saturated heterocycles. The largest absolute Gasteiger partial charge is 0.467 e. The summed E-state index contributed by atoms with van der Waals surface area (Å²) in [7, 11) is 1.33. The van der Waals surface area contributed by atoms with Crippen molar-refractivity contribution in [1.82, 2.24) is 10.3 Å². The lowest BCUT2D eigenvalue weighted by molar-refractivity contribution is -0.150. The maximum absolute atomic E-state index is 12.4. The Kier molecular flexibility index (Phi) is 5.32. The van der Waals surface area contributed by atoms with Gasteiger partial charge >= 0.3 is 5.97 Å². The van der Waals surface area contributed by atoms with Crippen molar-refractivity contribution >= 4 is 22.8 Å². The molecule has 122 valence electrons. The topological polar surface area (TPSA) is 68.3 Å². The van der Waals surface area contributed by atoms with Crippen molar-refractivity contribution in [3.63, 3.8) is 0 Å². The normalized spacial score (nSPS) is 13.3. The highest BCUT2D eigenvalue weighted by Crippen LogP contribution is 2.18. The molecule has 1 amide bonds. The molecule has 0 unspecified atom stereocenters.